The number of rotatable bonds is 5. The minimum Gasteiger partial charge on any atom is -0.458 e. The second-order valence-corrected chi connectivity index (χ2v) is 12.6. The van der Waals surface area contributed by atoms with Crippen molar-refractivity contribution in [2.45, 2.75) is 88.6 Å². The van der Waals surface area contributed by atoms with E-state index in [0.717, 1.165) is 36.8 Å². The molecule has 7 heteroatoms. The molecular weight excluding hydrogens is 468 g/mol. The van der Waals surface area contributed by atoms with Crippen LogP contribution in [0.5, 0.6) is 0 Å². The molecule has 8 atom stereocenters. The van der Waals surface area contributed by atoms with Gasteiger partial charge in [0.15, 0.2) is 0 Å². The molecule has 7 nitrogen and oxygen atoms in total. The number of carbonyl (C=O) groups is 1. The maximum absolute atomic E-state index is 12.5. The second kappa shape index (κ2) is 8.92. The largest absolute Gasteiger partial charge is 0.458 e. The van der Waals surface area contributed by atoms with Crippen molar-refractivity contribution in [2.75, 3.05) is 6.61 Å². The normalized spacial score (nSPS) is 45.1. The van der Waals surface area contributed by atoms with Crippen molar-refractivity contribution in [1.29, 1.82) is 0 Å². The Bertz CT molecular complexity index is 1110. The van der Waals surface area contributed by atoms with Gasteiger partial charge in [-0.05, 0) is 80.3 Å². The van der Waals surface area contributed by atoms with E-state index in [1.54, 1.807) is 6.08 Å². The summed E-state index contributed by atoms with van der Waals surface area (Å²) in [6, 6.07) is 10.1. The lowest BCUT2D eigenvalue weighted by Crippen LogP contribution is -2.68. The molecule has 0 spiro atoms. The Kier molecular flexibility index (Phi) is 6.05. The topological polar surface area (TPSA) is 111 Å². The highest BCUT2D eigenvalue weighted by Gasteiger charge is 2.71. The summed E-state index contributed by atoms with van der Waals surface area (Å²) in [5.74, 6) is -0.0281. The van der Waals surface area contributed by atoms with E-state index in [4.69, 9.17) is 4.74 Å². The van der Waals surface area contributed by atoms with Gasteiger partial charge < -0.3 is 25.5 Å². The average molecular weight is 509 g/mol. The Balaban J connectivity index is 1.31. The highest BCUT2D eigenvalue weighted by atomic mass is 16.5. The van der Waals surface area contributed by atoms with E-state index in [2.05, 4.69) is 29.6 Å². The van der Waals surface area contributed by atoms with Crippen LogP contribution in [0.25, 0.3) is 0 Å². The van der Waals surface area contributed by atoms with Crippen molar-refractivity contribution < 1.29 is 24.9 Å². The number of nitrogens with zero attached hydrogens (tertiary/aromatic N) is 1. The lowest BCUT2D eigenvalue weighted by molar-refractivity contribution is -0.237. The van der Waals surface area contributed by atoms with Crippen LogP contribution in [0.1, 0.15) is 70.3 Å². The zero-order chi connectivity index (χ0) is 25.9. The maximum Gasteiger partial charge on any atom is 0.331 e. The highest BCUT2D eigenvalue weighted by molar-refractivity contribution is 5.85. The van der Waals surface area contributed by atoms with Crippen LogP contribution in [-0.4, -0.2) is 51.4 Å². The van der Waals surface area contributed by atoms with Crippen LogP contribution in [0.3, 0.4) is 0 Å². The molecule has 1 heterocycles. The molecule has 200 valence electrons. The summed E-state index contributed by atoms with van der Waals surface area (Å²) in [6.45, 7) is 3.14. The fourth-order valence-corrected chi connectivity index (χ4v) is 9.25. The van der Waals surface area contributed by atoms with Gasteiger partial charge in [0, 0.05) is 29.5 Å². The third-order valence-electron chi connectivity index (χ3n) is 11.2. The number of benzene rings is 1. The van der Waals surface area contributed by atoms with E-state index in [1.165, 1.54) is 0 Å². The van der Waals surface area contributed by atoms with Crippen molar-refractivity contribution in [1.82, 2.24) is 5.43 Å². The summed E-state index contributed by atoms with van der Waals surface area (Å²) >= 11 is 0. The first-order chi connectivity index (χ1) is 17.7. The third kappa shape index (κ3) is 3.72. The van der Waals surface area contributed by atoms with E-state index in [0.29, 0.717) is 45.3 Å². The highest BCUT2D eigenvalue weighted by Crippen LogP contribution is 2.70. The minimum absolute atomic E-state index is 0.0333. The van der Waals surface area contributed by atoms with Gasteiger partial charge in [0.05, 0.1) is 23.9 Å². The molecule has 1 aromatic carbocycles. The van der Waals surface area contributed by atoms with Gasteiger partial charge in [-0.1, -0.05) is 37.3 Å². The fourth-order valence-electron chi connectivity index (χ4n) is 9.25. The van der Waals surface area contributed by atoms with Gasteiger partial charge in [-0.15, -0.1) is 0 Å². The molecule has 0 aromatic heterocycles. The molecule has 0 bridgehead atoms. The number of nitrogens with one attached hydrogen (secondary N) is 1. The van der Waals surface area contributed by atoms with Gasteiger partial charge in [-0.2, -0.15) is 5.10 Å². The monoisotopic (exact) mass is 508 g/mol. The van der Waals surface area contributed by atoms with Crippen LogP contribution >= 0.6 is 0 Å². The molecular formula is C30H40N2O5. The Morgan fingerprint density at radius 1 is 1.05 bits per heavy atom. The van der Waals surface area contributed by atoms with E-state index in [9.17, 15) is 20.1 Å². The van der Waals surface area contributed by atoms with Crippen LogP contribution in [0.4, 0.5) is 0 Å². The quantitative estimate of drug-likeness (QED) is 0.275. The molecule has 4 fully saturated rings. The molecule has 1 aromatic rings. The van der Waals surface area contributed by atoms with Gasteiger partial charge in [-0.3, -0.25) is 0 Å². The van der Waals surface area contributed by atoms with Crippen molar-refractivity contribution in [3.63, 3.8) is 0 Å². The molecule has 1 aliphatic heterocycles. The number of hydrogen-bond acceptors (Lipinski definition) is 7. The van der Waals surface area contributed by atoms with Crippen LogP contribution in [0.2, 0.25) is 0 Å². The zero-order valence-electron chi connectivity index (χ0n) is 21.7. The molecule has 4 aliphatic carbocycles. The molecule has 4 saturated carbocycles. The summed E-state index contributed by atoms with van der Waals surface area (Å²) in [5, 5.41) is 39.8. The van der Waals surface area contributed by atoms with Gasteiger partial charge in [0.25, 0.3) is 0 Å². The fraction of sp³-hybridized carbons (Fsp3) is 0.667. The Hall–Kier alpha value is -2.22. The minimum atomic E-state index is -1.04. The van der Waals surface area contributed by atoms with E-state index in [1.807, 2.05) is 24.4 Å². The Morgan fingerprint density at radius 2 is 1.84 bits per heavy atom. The lowest BCUT2D eigenvalue weighted by Gasteiger charge is -2.65. The lowest BCUT2D eigenvalue weighted by atomic mass is 9.41. The SMILES string of the molecule is C[C@]12CCC3C(CCC4(O)CC(O)CC[C@]34C=NNCc3ccccc3)C1(O)CCC2C1=CC(=O)OC1. The number of aliphatic hydroxyl groups is 3. The number of aliphatic hydroxyl groups excluding tert-OH is 1. The summed E-state index contributed by atoms with van der Waals surface area (Å²) in [7, 11) is 0. The Labute approximate surface area is 219 Å². The molecule has 4 N–H and O–H groups in total. The summed E-state index contributed by atoms with van der Waals surface area (Å²) < 4.78 is 5.24. The first-order valence-corrected chi connectivity index (χ1v) is 14.0. The smallest absolute Gasteiger partial charge is 0.331 e. The molecule has 5 aliphatic rings. The standard InChI is InChI=1S/C30H40N2O5/c1-27-11-8-24-25(30(27,36)14-10-23(27)21-15-26(34)37-18-21)9-13-29(35)16-22(33)7-12-28(24,29)19-32-31-17-20-5-3-2-4-6-20/h2-6,15,19,22-25,31,33,35-36H,7-14,16-18H2,1H3/t22?,23?,24?,25?,27-,28+,29?,30?/m1/s1. The van der Waals surface area contributed by atoms with E-state index >= 15 is 0 Å². The van der Waals surface area contributed by atoms with E-state index in [-0.39, 0.29) is 29.1 Å². The van der Waals surface area contributed by atoms with Crippen molar-refractivity contribution in [2.24, 2.45) is 33.7 Å². The number of ether oxygens (including phenoxy) is 1. The number of cyclic esters (lactones) is 1. The molecule has 6 unspecified atom stereocenters. The van der Waals surface area contributed by atoms with Crippen LogP contribution < -0.4 is 5.43 Å². The van der Waals surface area contributed by atoms with Gasteiger partial charge in [-0.25, -0.2) is 4.79 Å². The average Bonchev–Trinajstić information content (AvgIpc) is 3.42. The maximum atomic E-state index is 12.5. The molecule has 0 radical (unpaired) electrons. The number of esters is 1. The number of fused-ring (bicyclic) bond motifs is 5. The summed E-state index contributed by atoms with van der Waals surface area (Å²) in [4.78, 5) is 11.8. The molecule has 0 saturated heterocycles. The third-order valence-corrected chi connectivity index (χ3v) is 11.2. The van der Waals surface area contributed by atoms with Crippen molar-refractivity contribution >= 4 is 12.2 Å². The first-order valence-electron chi connectivity index (χ1n) is 14.0. The predicted octanol–water partition coefficient (Wildman–Crippen LogP) is 3.47. The van der Waals surface area contributed by atoms with Gasteiger partial charge >= 0.3 is 5.97 Å². The summed E-state index contributed by atoms with van der Waals surface area (Å²) in [5.41, 5.74) is 2.51. The van der Waals surface area contributed by atoms with Gasteiger partial charge in [0.1, 0.15) is 6.61 Å². The zero-order valence-corrected chi connectivity index (χ0v) is 21.7. The van der Waals surface area contributed by atoms with Gasteiger partial charge in [0.2, 0.25) is 0 Å². The van der Waals surface area contributed by atoms with Crippen molar-refractivity contribution in [3.05, 3.63) is 47.5 Å². The number of hydrazone groups is 1. The molecule has 37 heavy (non-hydrogen) atoms. The molecule has 0 amide bonds. The van der Waals surface area contributed by atoms with Crippen LogP contribution in [0.15, 0.2) is 47.1 Å². The summed E-state index contributed by atoms with van der Waals surface area (Å²) in [6.07, 6.45) is 9.24. The number of carbonyl (C=O) groups excluding carboxylic acids is 1. The number of hydrogen-bond donors (Lipinski definition) is 4. The van der Waals surface area contributed by atoms with Crippen molar-refractivity contribution in [3.8, 4) is 0 Å². The predicted molar refractivity (Wildman–Crippen MR) is 139 cm³/mol. The van der Waals surface area contributed by atoms with Crippen LogP contribution in [-0.2, 0) is 16.1 Å². The first kappa shape index (κ1) is 25.1. The second-order valence-electron chi connectivity index (χ2n) is 12.6. The van der Waals surface area contributed by atoms with E-state index < -0.39 is 22.7 Å². The van der Waals surface area contributed by atoms with Crippen LogP contribution in [0, 0.1) is 28.6 Å². The molecule has 6 rings (SSSR count). The Morgan fingerprint density at radius 3 is 2.59 bits per heavy atom.